The van der Waals surface area contributed by atoms with E-state index in [0.717, 1.165) is 16.5 Å². The van der Waals surface area contributed by atoms with Crippen LogP contribution in [0.2, 0.25) is 0 Å². The van der Waals surface area contributed by atoms with Gasteiger partial charge in [-0.3, -0.25) is 19.4 Å². The van der Waals surface area contributed by atoms with Crippen LogP contribution in [0.15, 0.2) is 35.5 Å². The summed E-state index contributed by atoms with van der Waals surface area (Å²) in [6.07, 6.45) is 4.70. The van der Waals surface area contributed by atoms with Crippen LogP contribution in [-0.4, -0.2) is 83.0 Å². The van der Waals surface area contributed by atoms with E-state index in [9.17, 15) is 24.3 Å². The molecule has 3 atom stereocenters. The van der Waals surface area contributed by atoms with Crippen LogP contribution in [0.3, 0.4) is 0 Å². The molecule has 1 heterocycles. The minimum Gasteiger partial charge on any atom is -0.480 e. The zero-order chi connectivity index (χ0) is 28.1. The van der Waals surface area contributed by atoms with Gasteiger partial charge in [-0.15, -0.1) is 0 Å². The quantitative estimate of drug-likeness (QED) is 0.0730. The number of nitrogens with one attached hydrogen (secondary N) is 4. The molecule has 208 valence electrons. The van der Waals surface area contributed by atoms with Gasteiger partial charge in [0.1, 0.15) is 12.1 Å². The molecular formula is C24H36N8O5S. The molecule has 0 saturated carbocycles. The molecular weight excluding hydrogens is 512 g/mol. The number of nitrogens with zero attached hydrogens (tertiary/aromatic N) is 1. The zero-order valence-corrected chi connectivity index (χ0v) is 22.1. The van der Waals surface area contributed by atoms with E-state index in [1.165, 1.54) is 11.8 Å². The summed E-state index contributed by atoms with van der Waals surface area (Å²) in [5.41, 5.74) is 17.9. The van der Waals surface area contributed by atoms with Crippen LogP contribution in [0.1, 0.15) is 24.8 Å². The summed E-state index contributed by atoms with van der Waals surface area (Å²) in [6, 6.07) is 4.42. The summed E-state index contributed by atoms with van der Waals surface area (Å²) >= 11 is 1.48. The Balaban J connectivity index is 1.93. The maximum atomic E-state index is 13.0. The predicted molar refractivity (Wildman–Crippen MR) is 147 cm³/mol. The highest BCUT2D eigenvalue weighted by atomic mass is 32.2. The van der Waals surface area contributed by atoms with Crippen molar-refractivity contribution < 1.29 is 24.3 Å². The molecule has 0 saturated heterocycles. The van der Waals surface area contributed by atoms with Crippen molar-refractivity contribution in [3.63, 3.8) is 0 Å². The third kappa shape index (κ3) is 9.94. The lowest BCUT2D eigenvalue weighted by Crippen LogP contribution is -2.54. The van der Waals surface area contributed by atoms with Gasteiger partial charge in [-0.25, -0.2) is 4.79 Å². The molecule has 0 radical (unpaired) electrons. The van der Waals surface area contributed by atoms with Gasteiger partial charge in [0, 0.05) is 30.1 Å². The average molecular weight is 549 g/mol. The normalized spacial score (nSPS) is 13.2. The lowest BCUT2D eigenvalue weighted by atomic mass is 10.0. The molecule has 1 aromatic heterocycles. The lowest BCUT2D eigenvalue weighted by molar-refractivity contribution is -0.142. The number of thioether (sulfide) groups is 1. The number of para-hydroxylation sites is 1. The van der Waals surface area contributed by atoms with Crippen molar-refractivity contribution >= 4 is 52.3 Å². The minimum atomic E-state index is -1.20. The molecule has 3 unspecified atom stereocenters. The number of benzene rings is 1. The second-order valence-electron chi connectivity index (χ2n) is 8.64. The molecule has 0 aliphatic rings. The maximum Gasteiger partial charge on any atom is 0.326 e. The largest absolute Gasteiger partial charge is 0.480 e. The summed E-state index contributed by atoms with van der Waals surface area (Å²) in [4.78, 5) is 56.5. The number of hydrogen-bond acceptors (Lipinski definition) is 7. The van der Waals surface area contributed by atoms with E-state index < -0.39 is 41.8 Å². The van der Waals surface area contributed by atoms with Gasteiger partial charge >= 0.3 is 5.97 Å². The van der Waals surface area contributed by atoms with E-state index in [0.29, 0.717) is 25.1 Å². The molecule has 0 bridgehead atoms. The Kier molecular flexibility index (Phi) is 12.4. The molecule has 1 aromatic carbocycles. The number of carboxylic acid groups (broad SMARTS) is 1. The van der Waals surface area contributed by atoms with Gasteiger partial charge in [0.05, 0.1) is 12.6 Å². The Morgan fingerprint density at radius 2 is 1.82 bits per heavy atom. The molecule has 2 aromatic rings. The van der Waals surface area contributed by atoms with Gasteiger partial charge in [-0.1, -0.05) is 18.2 Å². The van der Waals surface area contributed by atoms with Crippen molar-refractivity contribution in [2.45, 2.75) is 43.8 Å². The average Bonchev–Trinajstić information content (AvgIpc) is 3.29. The summed E-state index contributed by atoms with van der Waals surface area (Å²) in [5, 5.41) is 18.2. The highest BCUT2D eigenvalue weighted by Gasteiger charge is 2.27. The van der Waals surface area contributed by atoms with E-state index in [2.05, 4.69) is 25.9 Å². The number of carbonyl (C=O) groups is 4. The standard InChI is InChI=1S/C24H36N8O5S/c1-38-10-8-18(31-20(33)13-30-21(34)16(25)6-4-9-28-24(26)27)22(35)32-19(23(36)37)11-14-12-29-17-7-3-2-5-15(14)17/h2-3,5,7,12,16,18-19,29H,4,6,8-11,13,25H2,1H3,(H,30,34)(H,31,33)(H,32,35)(H,36,37)(H4,26,27,28). The van der Waals surface area contributed by atoms with Crippen LogP contribution >= 0.6 is 11.8 Å². The molecule has 3 amide bonds. The van der Waals surface area contributed by atoms with Crippen molar-refractivity contribution in [1.29, 1.82) is 0 Å². The SMILES string of the molecule is CSCCC(NC(=O)CNC(=O)C(N)CCCN=C(N)N)C(=O)NC(Cc1c[nH]c2ccccc12)C(=O)O. The number of aromatic amines is 1. The molecule has 0 aliphatic carbocycles. The third-order valence-corrected chi connectivity index (χ3v) is 6.35. The fourth-order valence-electron chi connectivity index (χ4n) is 3.69. The van der Waals surface area contributed by atoms with E-state index in [-0.39, 0.29) is 25.3 Å². The van der Waals surface area contributed by atoms with Gasteiger partial charge in [-0.05, 0) is 42.9 Å². The molecule has 38 heavy (non-hydrogen) atoms. The number of carbonyl (C=O) groups excluding carboxylic acids is 3. The summed E-state index contributed by atoms with van der Waals surface area (Å²) in [7, 11) is 0. The number of H-pyrrole nitrogens is 1. The monoisotopic (exact) mass is 548 g/mol. The molecule has 2 rings (SSSR count). The van der Waals surface area contributed by atoms with Crippen molar-refractivity contribution in [1.82, 2.24) is 20.9 Å². The molecule has 0 spiro atoms. The van der Waals surface area contributed by atoms with Crippen LogP contribution in [0.4, 0.5) is 0 Å². The fourth-order valence-corrected chi connectivity index (χ4v) is 4.16. The van der Waals surface area contributed by atoms with E-state index >= 15 is 0 Å². The number of aromatic nitrogens is 1. The molecule has 13 nitrogen and oxygen atoms in total. The molecule has 0 fully saturated rings. The number of hydrogen-bond donors (Lipinski definition) is 8. The van der Waals surface area contributed by atoms with Gasteiger partial charge < -0.3 is 43.2 Å². The molecule has 0 aliphatic heterocycles. The van der Waals surface area contributed by atoms with Crippen molar-refractivity contribution in [2.24, 2.45) is 22.2 Å². The predicted octanol–water partition coefficient (Wildman–Crippen LogP) is -0.985. The first-order valence-corrected chi connectivity index (χ1v) is 13.5. The van der Waals surface area contributed by atoms with Gasteiger partial charge in [-0.2, -0.15) is 11.8 Å². The smallest absolute Gasteiger partial charge is 0.326 e. The second kappa shape index (κ2) is 15.5. The lowest BCUT2D eigenvalue weighted by Gasteiger charge is -2.21. The molecule has 14 heteroatoms. The van der Waals surface area contributed by atoms with Crippen molar-refractivity contribution in [2.75, 3.05) is 25.1 Å². The Labute approximate surface area is 224 Å². The topological polar surface area (TPSA) is 231 Å². The first-order valence-electron chi connectivity index (χ1n) is 12.1. The number of nitrogens with two attached hydrogens (primary N) is 3. The Morgan fingerprint density at radius 3 is 2.50 bits per heavy atom. The number of aliphatic carboxylic acids is 1. The fraction of sp³-hybridized carbons (Fsp3) is 0.458. The Morgan fingerprint density at radius 1 is 1.08 bits per heavy atom. The van der Waals surface area contributed by atoms with Crippen LogP contribution in [-0.2, 0) is 25.6 Å². The van der Waals surface area contributed by atoms with Crippen molar-refractivity contribution in [3.05, 3.63) is 36.0 Å². The molecule has 11 N–H and O–H groups in total. The number of fused-ring (bicyclic) bond motifs is 1. The van der Waals surface area contributed by atoms with Crippen molar-refractivity contribution in [3.8, 4) is 0 Å². The first-order chi connectivity index (χ1) is 18.1. The number of amides is 3. The Hall–Kier alpha value is -3.78. The summed E-state index contributed by atoms with van der Waals surface area (Å²) < 4.78 is 0. The second-order valence-corrected chi connectivity index (χ2v) is 9.62. The number of carboxylic acids is 1. The van der Waals surface area contributed by atoms with Gasteiger partial charge in [0.15, 0.2) is 5.96 Å². The van der Waals surface area contributed by atoms with E-state index in [1.807, 2.05) is 30.5 Å². The number of aliphatic imine (C=N–C) groups is 1. The Bertz CT molecular complexity index is 1130. The highest BCUT2D eigenvalue weighted by Crippen LogP contribution is 2.19. The summed E-state index contributed by atoms with van der Waals surface area (Å²) in [5.74, 6) is -2.45. The van der Waals surface area contributed by atoms with Gasteiger partial charge in [0.2, 0.25) is 17.7 Å². The number of guanidine groups is 1. The van der Waals surface area contributed by atoms with Crippen LogP contribution in [0.5, 0.6) is 0 Å². The van der Waals surface area contributed by atoms with Crippen LogP contribution < -0.4 is 33.2 Å². The minimum absolute atomic E-state index is 0.0487. The third-order valence-electron chi connectivity index (χ3n) is 5.70. The highest BCUT2D eigenvalue weighted by molar-refractivity contribution is 7.98. The zero-order valence-electron chi connectivity index (χ0n) is 21.2. The van der Waals surface area contributed by atoms with E-state index in [4.69, 9.17) is 17.2 Å². The van der Waals surface area contributed by atoms with E-state index in [1.54, 1.807) is 6.20 Å². The first kappa shape index (κ1) is 30.4. The summed E-state index contributed by atoms with van der Waals surface area (Å²) in [6.45, 7) is -0.0607. The maximum absolute atomic E-state index is 13.0. The number of rotatable bonds is 16. The van der Waals surface area contributed by atoms with Crippen LogP contribution in [0.25, 0.3) is 10.9 Å². The van der Waals surface area contributed by atoms with Gasteiger partial charge in [0.25, 0.3) is 0 Å². The van der Waals surface area contributed by atoms with Crippen LogP contribution in [0, 0.1) is 0 Å².